The van der Waals surface area contributed by atoms with Crippen molar-refractivity contribution in [3.8, 4) is 11.5 Å². The van der Waals surface area contributed by atoms with Crippen LogP contribution in [0.5, 0.6) is 0 Å². The number of nitrogens with zero attached hydrogens (tertiary/aromatic N) is 3. The zero-order chi connectivity index (χ0) is 13.3. The highest BCUT2D eigenvalue weighted by atomic mass is 79.9. The van der Waals surface area contributed by atoms with Gasteiger partial charge in [0.05, 0.1) is 4.47 Å². The van der Waals surface area contributed by atoms with Gasteiger partial charge in [-0.3, -0.25) is 0 Å². The van der Waals surface area contributed by atoms with Crippen molar-refractivity contribution in [1.82, 2.24) is 19.9 Å². The molecule has 4 nitrogen and oxygen atoms in total. The molecule has 0 aliphatic carbocycles. The van der Waals surface area contributed by atoms with Crippen LogP contribution in [-0.4, -0.2) is 19.9 Å². The summed E-state index contributed by atoms with van der Waals surface area (Å²) in [5, 5.41) is 0. The van der Waals surface area contributed by atoms with Crippen LogP contribution in [0.2, 0.25) is 0 Å². The van der Waals surface area contributed by atoms with E-state index in [1.54, 1.807) is 12.3 Å². The molecule has 18 heavy (non-hydrogen) atoms. The largest absolute Gasteiger partial charge is 0.340 e. The number of aromatic amines is 1. The van der Waals surface area contributed by atoms with Crippen LogP contribution < -0.4 is 0 Å². The Bertz CT molecular complexity index is 616. The topological polar surface area (TPSA) is 54.5 Å². The van der Waals surface area contributed by atoms with Crippen LogP contribution in [0.1, 0.15) is 26.5 Å². The molecule has 0 atom stereocenters. The Hall–Kier alpha value is -1.14. The minimum Gasteiger partial charge on any atom is -0.340 e. The van der Waals surface area contributed by atoms with Crippen LogP contribution in [0, 0.1) is 4.64 Å². The summed E-state index contributed by atoms with van der Waals surface area (Å²) in [4.78, 5) is 15.7. The van der Waals surface area contributed by atoms with Crippen molar-refractivity contribution < 1.29 is 0 Å². The molecule has 0 fully saturated rings. The van der Waals surface area contributed by atoms with Gasteiger partial charge in [0, 0.05) is 17.3 Å². The van der Waals surface area contributed by atoms with E-state index in [0.29, 0.717) is 10.5 Å². The lowest BCUT2D eigenvalue weighted by atomic mass is 9.92. The summed E-state index contributed by atoms with van der Waals surface area (Å²) in [6, 6.07) is 1.80. The molecule has 0 saturated carbocycles. The fourth-order valence-electron chi connectivity index (χ4n) is 1.53. The third-order valence-electron chi connectivity index (χ3n) is 2.44. The number of hydrogen-bond donors (Lipinski definition) is 1. The lowest BCUT2D eigenvalue weighted by molar-refractivity contribution is 0.563. The number of halogens is 1. The van der Waals surface area contributed by atoms with Crippen molar-refractivity contribution >= 4 is 28.1 Å². The second-order valence-corrected chi connectivity index (χ2v) is 6.10. The van der Waals surface area contributed by atoms with Gasteiger partial charge in [0.15, 0.2) is 5.82 Å². The van der Waals surface area contributed by atoms with Gasteiger partial charge in [-0.2, -0.15) is 0 Å². The summed E-state index contributed by atoms with van der Waals surface area (Å²) in [6.07, 6.45) is 3.17. The lowest BCUT2D eigenvalue weighted by Gasteiger charge is -2.21. The number of aromatic nitrogens is 4. The molecule has 0 aromatic carbocycles. The quantitative estimate of drug-likeness (QED) is 0.813. The van der Waals surface area contributed by atoms with Gasteiger partial charge in [0.2, 0.25) is 0 Å². The van der Waals surface area contributed by atoms with E-state index in [0.717, 1.165) is 15.9 Å². The molecule has 0 saturated heterocycles. The number of hydrogen-bond acceptors (Lipinski definition) is 4. The zero-order valence-electron chi connectivity index (χ0n) is 10.4. The highest BCUT2D eigenvalue weighted by Gasteiger charge is 2.20. The molecule has 0 amide bonds. The third-order valence-corrected chi connectivity index (χ3v) is 3.77. The molecule has 2 heterocycles. The Morgan fingerprint density at radius 2 is 2.06 bits per heavy atom. The average molecular weight is 325 g/mol. The fraction of sp³-hybridized carbons (Fsp3) is 0.333. The van der Waals surface area contributed by atoms with E-state index in [1.807, 2.05) is 0 Å². The first-order valence-corrected chi connectivity index (χ1v) is 6.66. The van der Waals surface area contributed by atoms with Gasteiger partial charge in [-0.05, 0) is 22.0 Å². The Balaban J connectivity index is 2.66. The molecule has 0 aliphatic rings. The first-order valence-electron chi connectivity index (χ1n) is 5.46. The van der Waals surface area contributed by atoms with E-state index in [2.05, 4.69) is 56.6 Å². The molecule has 6 heteroatoms. The van der Waals surface area contributed by atoms with E-state index in [4.69, 9.17) is 12.2 Å². The first kappa shape index (κ1) is 13.3. The lowest BCUT2D eigenvalue weighted by Crippen LogP contribution is -2.16. The van der Waals surface area contributed by atoms with Crippen molar-refractivity contribution in [2.75, 3.05) is 0 Å². The van der Waals surface area contributed by atoms with Crippen LogP contribution in [0.25, 0.3) is 11.5 Å². The van der Waals surface area contributed by atoms with Crippen LogP contribution >= 0.6 is 28.1 Å². The second-order valence-electron chi connectivity index (χ2n) is 4.92. The molecule has 94 valence electrons. The average Bonchev–Trinajstić information content (AvgIpc) is 2.32. The molecular weight excluding hydrogens is 312 g/mol. The number of nitrogens with one attached hydrogen (secondary N) is 1. The summed E-state index contributed by atoms with van der Waals surface area (Å²) in [5.74, 6) is 0.663. The molecule has 0 bridgehead atoms. The number of H-pyrrole nitrogens is 1. The van der Waals surface area contributed by atoms with Gasteiger partial charge in [-0.25, -0.2) is 15.0 Å². The van der Waals surface area contributed by atoms with Crippen LogP contribution in [0.15, 0.2) is 23.1 Å². The molecule has 2 aromatic heterocycles. The van der Waals surface area contributed by atoms with Gasteiger partial charge < -0.3 is 4.98 Å². The number of rotatable bonds is 1. The van der Waals surface area contributed by atoms with Crippen molar-refractivity contribution in [3.05, 3.63) is 33.4 Å². The summed E-state index contributed by atoms with van der Waals surface area (Å²) in [6.45, 7) is 6.34. The smallest absolute Gasteiger partial charge is 0.158 e. The standard InChI is InChI=1S/C12H13BrN4S/c1-12(2,3)9-8(13)11(18)17-10(16-9)7-4-5-14-6-15-7/h4-6H,1-3H3,(H,16,17,18). The Labute approximate surface area is 119 Å². The van der Waals surface area contributed by atoms with E-state index >= 15 is 0 Å². The zero-order valence-corrected chi connectivity index (χ0v) is 12.8. The van der Waals surface area contributed by atoms with Crippen LogP contribution in [0.3, 0.4) is 0 Å². The SMILES string of the molecule is CC(C)(C)c1[nH]c(-c2ccncn2)nc(=S)c1Br. The van der Waals surface area contributed by atoms with Crippen LogP contribution in [0.4, 0.5) is 0 Å². The third kappa shape index (κ3) is 2.64. The molecule has 1 N–H and O–H groups in total. The summed E-state index contributed by atoms with van der Waals surface area (Å²) in [5.41, 5.74) is 1.68. The maximum atomic E-state index is 5.28. The highest BCUT2D eigenvalue weighted by molar-refractivity contribution is 9.10. The van der Waals surface area contributed by atoms with E-state index in [9.17, 15) is 0 Å². The molecule has 0 unspecified atom stereocenters. The van der Waals surface area contributed by atoms with Crippen molar-refractivity contribution in [2.24, 2.45) is 0 Å². The van der Waals surface area contributed by atoms with E-state index in [1.165, 1.54) is 6.33 Å². The first-order chi connectivity index (χ1) is 8.39. The molecule has 0 radical (unpaired) electrons. The Kier molecular flexibility index (Phi) is 3.59. The van der Waals surface area contributed by atoms with E-state index in [-0.39, 0.29) is 5.41 Å². The predicted molar refractivity (Wildman–Crippen MR) is 76.8 cm³/mol. The van der Waals surface area contributed by atoms with Gasteiger partial charge in [0.25, 0.3) is 0 Å². The Morgan fingerprint density at radius 1 is 1.33 bits per heavy atom. The normalized spacial score (nSPS) is 11.6. The molecule has 0 aliphatic heterocycles. The monoisotopic (exact) mass is 324 g/mol. The maximum Gasteiger partial charge on any atom is 0.158 e. The van der Waals surface area contributed by atoms with Gasteiger partial charge in [0.1, 0.15) is 16.7 Å². The van der Waals surface area contributed by atoms with Gasteiger partial charge in [-0.1, -0.05) is 33.0 Å². The minimum atomic E-state index is -0.0584. The fourth-order valence-corrected chi connectivity index (χ4v) is 2.50. The highest BCUT2D eigenvalue weighted by Crippen LogP contribution is 2.29. The summed E-state index contributed by atoms with van der Waals surface area (Å²) in [7, 11) is 0. The molecule has 2 aromatic rings. The maximum absolute atomic E-state index is 5.28. The predicted octanol–water partition coefficient (Wildman–Crippen LogP) is 3.66. The summed E-state index contributed by atoms with van der Waals surface area (Å²) < 4.78 is 1.37. The van der Waals surface area contributed by atoms with Crippen LogP contribution in [-0.2, 0) is 5.41 Å². The molecular formula is C12H13BrN4S. The van der Waals surface area contributed by atoms with Crippen molar-refractivity contribution in [2.45, 2.75) is 26.2 Å². The van der Waals surface area contributed by atoms with E-state index < -0.39 is 0 Å². The minimum absolute atomic E-state index is 0.0584. The molecule has 2 rings (SSSR count). The Morgan fingerprint density at radius 3 is 2.61 bits per heavy atom. The van der Waals surface area contributed by atoms with Gasteiger partial charge in [-0.15, -0.1) is 0 Å². The second kappa shape index (κ2) is 4.85. The van der Waals surface area contributed by atoms with Crippen molar-refractivity contribution in [3.63, 3.8) is 0 Å². The summed E-state index contributed by atoms with van der Waals surface area (Å²) >= 11 is 8.77. The van der Waals surface area contributed by atoms with Crippen molar-refractivity contribution in [1.29, 1.82) is 0 Å². The molecule has 0 spiro atoms. The van der Waals surface area contributed by atoms with Gasteiger partial charge >= 0.3 is 0 Å².